The number of halogens is 1. The van der Waals surface area contributed by atoms with Gasteiger partial charge in [0, 0.05) is 19.1 Å². The summed E-state index contributed by atoms with van der Waals surface area (Å²) in [5, 5.41) is 12.6. The molecule has 0 saturated carbocycles. The largest absolute Gasteiger partial charge is 0.395 e. The van der Waals surface area contributed by atoms with E-state index in [1.54, 1.807) is 0 Å². The van der Waals surface area contributed by atoms with Crippen molar-refractivity contribution in [3.8, 4) is 0 Å². The van der Waals surface area contributed by atoms with Crippen molar-refractivity contribution in [3.63, 3.8) is 0 Å². The van der Waals surface area contributed by atoms with Gasteiger partial charge in [0.15, 0.2) is 5.82 Å². The molecule has 1 aliphatic heterocycles. The molecule has 2 aromatic rings. The maximum absolute atomic E-state index is 12.8. The summed E-state index contributed by atoms with van der Waals surface area (Å²) in [6.07, 6.45) is 4.49. The highest BCUT2D eigenvalue weighted by Crippen LogP contribution is 2.21. The number of aliphatic hydroxyl groups excluding tert-OH is 1. The lowest BCUT2D eigenvalue weighted by atomic mass is 10.1. The van der Waals surface area contributed by atoms with Crippen LogP contribution in [0.2, 0.25) is 0 Å². The minimum atomic E-state index is -0.444. The SMILES string of the molecule is OCC1CCCN1Cc1ccccc1CNc1ncc(F)cn1. The summed E-state index contributed by atoms with van der Waals surface area (Å²) in [5.41, 5.74) is 2.38. The zero-order valence-electron chi connectivity index (χ0n) is 13.0. The molecular weight excluding hydrogens is 295 g/mol. The Labute approximate surface area is 135 Å². The Kier molecular flexibility index (Phi) is 5.15. The zero-order chi connectivity index (χ0) is 16.1. The molecule has 2 N–H and O–H groups in total. The van der Waals surface area contributed by atoms with Crippen molar-refractivity contribution >= 4 is 5.95 Å². The average molecular weight is 316 g/mol. The number of aliphatic hydroxyl groups is 1. The van der Waals surface area contributed by atoms with Crippen LogP contribution in [-0.4, -0.2) is 39.2 Å². The van der Waals surface area contributed by atoms with Crippen molar-refractivity contribution in [1.29, 1.82) is 0 Å². The Hall–Kier alpha value is -2.05. The lowest BCUT2D eigenvalue weighted by Gasteiger charge is -2.24. The first-order chi connectivity index (χ1) is 11.3. The third-order valence-electron chi connectivity index (χ3n) is 4.26. The molecule has 1 fully saturated rings. The van der Waals surface area contributed by atoms with Crippen LogP contribution in [0.3, 0.4) is 0 Å². The molecule has 0 bridgehead atoms. The normalized spacial score (nSPS) is 18.3. The number of nitrogens with zero attached hydrogens (tertiary/aromatic N) is 3. The minimum absolute atomic E-state index is 0.212. The predicted molar refractivity (Wildman–Crippen MR) is 86.3 cm³/mol. The van der Waals surface area contributed by atoms with E-state index in [-0.39, 0.29) is 12.6 Å². The summed E-state index contributed by atoms with van der Waals surface area (Å²) in [6, 6.07) is 8.46. The van der Waals surface area contributed by atoms with Crippen LogP contribution in [0, 0.1) is 5.82 Å². The molecule has 0 amide bonds. The molecule has 1 aliphatic rings. The summed E-state index contributed by atoms with van der Waals surface area (Å²) in [6.45, 7) is 2.64. The number of anilines is 1. The Morgan fingerprint density at radius 2 is 1.96 bits per heavy atom. The first kappa shape index (κ1) is 15.8. The summed E-state index contributed by atoms with van der Waals surface area (Å²) in [7, 11) is 0. The van der Waals surface area contributed by atoms with E-state index in [1.165, 1.54) is 5.56 Å². The van der Waals surface area contributed by atoms with Gasteiger partial charge in [-0.2, -0.15) is 0 Å². The molecule has 1 saturated heterocycles. The van der Waals surface area contributed by atoms with Crippen LogP contribution in [0.15, 0.2) is 36.7 Å². The molecule has 1 aromatic carbocycles. The van der Waals surface area contributed by atoms with Gasteiger partial charge in [-0.25, -0.2) is 14.4 Å². The number of likely N-dealkylation sites (tertiary alicyclic amines) is 1. The summed E-state index contributed by atoms with van der Waals surface area (Å²) in [4.78, 5) is 10.1. The number of hydrogen-bond acceptors (Lipinski definition) is 5. The fraction of sp³-hybridized carbons (Fsp3) is 0.412. The van der Waals surface area contributed by atoms with Gasteiger partial charge in [0.25, 0.3) is 0 Å². The third-order valence-corrected chi connectivity index (χ3v) is 4.26. The van der Waals surface area contributed by atoms with Crippen LogP contribution < -0.4 is 5.32 Å². The third kappa shape index (κ3) is 4.03. The van der Waals surface area contributed by atoms with Crippen LogP contribution in [0.5, 0.6) is 0 Å². The van der Waals surface area contributed by atoms with Crippen LogP contribution in [0.25, 0.3) is 0 Å². The molecule has 1 unspecified atom stereocenters. The maximum Gasteiger partial charge on any atom is 0.223 e. The van der Waals surface area contributed by atoms with Crippen molar-refractivity contribution in [2.45, 2.75) is 32.0 Å². The van der Waals surface area contributed by atoms with E-state index >= 15 is 0 Å². The topological polar surface area (TPSA) is 61.3 Å². The van der Waals surface area contributed by atoms with E-state index in [1.807, 2.05) is 12.1 Å². The van der Waals surface area contributed by atoms with Crippen molar-refractivity contribution in [1.82, 2.24) is 14.9 Å². The number of nitrogens with one attached hydrogen (secondary N) is 1. The van der Waals surface area contributed by atoms with Crippen LogP contribution >= 0.6 is 0 Å². The molecule has 2 heterocycles. The Balaban J connectivity index is 1.66. The van der Waals surface area contributed by atoms with Gasteiger partial charge in [0.05, 0.1) is 19.0 Å². The fourth-order valence-electron chi connectivity index (χ4n) is 2.99. The number of hydrogen-bond donors (Lipinski definition) is 2. The lowest BCUT2D eigenvalue weighted by Crippen LogP contribution is -2.32. The first-order valence-electron chi connectivity index (χ1n) is 7.89. The Bertz CT molecular complexity index is 635. The van der Waals surface area contributed by atoms with Crippen molar-refractivity contribution in [2.24, 2.45) is 0 Å². The highest BCUT2D eigenvalue weighted by Gasteiger charge is 2.24. The maximum atomic E-state index is 12.8. The molecule has 3 rings (SSSR count). The van der Waals surface area contributed by atoms with Gasteiger partial charge in [0.2, 0.25) is 5.95 Å². The van der Waals surface area contributed by atoms with Crippen LogP contribution in [0.4, 0.5) is 10.3 Å². The summed E-state index contributed by atoms with van der Waals surface area (Å²) in [5.74, 6) is -0.0318. The van der Waals surface area contributed by atoms with Gasteiger partial charge in [-0.15, -0.1) is 0 Å². The average Bonchev–Trinajstić information content (AvgIpc) is 3.03. The highest BCUT2D eigenvalue weighted by molar-refractivity contribution is 5.32. The Morgan fingerprint density at radius 3 is 2.70 bits per heavy atom. The standard InChI is InChI=1S/C17H21FN4O/c18-15-9-20-17(21-10-15)19-8-13-4-1-2-5-14(13)11-22-7-3-6-16(22)12-23/h1-2,4-5,9-10,16,23H,3,6-8,11-12H2,(H,19,20,21). The van der Waals surface area contributed by atoms with E-state index in [9.17, 15) is 9.50 Å². The van der Waals surface area contributed by atoms with E-state index in [4.69, 9.17) is 0 Å². The van der Waals surface area contributed by atoms with E-state index in [0.717, 1.165) is 43.9 Å². The van der Waals surface area contributed by atoms with E-state index in [0.29, 0.717) is 12.5 Å². The molecule has 5 nitrogen and oxygen atoms in total. The Morgan fingerprint density at radius 1 is 1.22 bits per heavy atom. The summed E-state index contributed by atoms with van der Waals surface area (Å²) < 4.78 is 12.8. The van der Waals surface area contributed by atoms with Gasteiger partial charge in [-0.05, 0) is 30.5 Å². The molecule has 0 radical (unpaired) electrons. The second-order valence-corrected chi connectivity index (χ2v) is 5.80. The van der Waals surface area contributed by atoms with Crippen molar-refractivity contribution in [2.75, 3.05) is 18.5 Å². The number of benzene rings is 1. The van der Waals surface area contributed by atoms with E-state index in [2.05, 4.69) is 32.3 Å². The monoisotopic (exact) mass is 316 g/mol. The van der Waals surface area contributed by atoms with Gasteiger partial charge >= 0.3 is 0 Å². The van der Waals surface area contributed by atoms with Gasteiger partial charge in [-0.3, -0.25) is 4.90 Å². The molecular formula is C17H21FN4O. The molecule has 23 heavy (non-hydrogen) atoms. The quantitative estimate of drug-likeness (QED) is 0.855. The molecule has 122 valence electrons. The first-order valence-corrected chi connectivity index (χ1v) is 7.89. The molecule has 6 heteroatoms. The predicted octanol–water partition coefficient (Wildman–Crippen LogP) is 2.18. The van der Waals surface area contributed by atoms with Gasteiger partial charge in [0.1, 0.15) is 0 Å². The highest BCUT2D eigenvalue weighted by atomic mass is 19.1. The second kappa shape index (κ2) is 7.48. The van der Waals surface area contributed by atoms with Crippen LogP contribution in [-0.2, 0) is 13.1 Å². The van der Waals surface area contributed by atoms with Crippen molar-refractivity contribution < 1.29 is 9.50 Å². The molecule has 0 aliphatic carbocycles. The smallest absolute Gasteiger partial charge is 0.223 e. The van der Waals surface area contributed by atoms with Gasteiger partial charge < -0.3 is 10.4 Å². The second-order valence-electron chi connectivity index (χ2n) is 5.80. The minimum Gasteiger partial charge on any atom is -0.395 e. The van der Waals surface area contributed by atoms with Gasteiger partial charge in [-0.1, -0.05) is 24.3 Å². The molecule has 1 aromatic heterocycles. The van der Waals surface area contributed by atoms with Crippen molar-refractivity contribution in [3.05, 3.63) is 53.6 Å². The zero-order valence-corrected chi connectivity index (χ0v) is 13.0. The fourth-order valence-corrected chi connectivity index (χ4v) is 2.99. The molecule has 1 atom stereocenters. The van der Waals surface area contributed by atoms with Crippen LogP contribution in [0.1, 0.15) is 24.0 Å². The van der Waals surface area contributed by atoms with E-state index < -0.39 is 5.82 Å². The number of rotatable bonds is 6. The number of aromatic nitrogens is 2. The molecule has 0 spiro atoms. The summed E-state index contributed by atoms with van der Waals surface area (Å²) >= 11 is 0. The lowest BCUT2D eigenvalue weighted by molar-refractivity contribution is 0.153.